The lowest BCUT2D eigenvalue weighted by atomic mass is 10.2. The predicted octanol–water partition coefficient (Wildman–Crippen LogP) is 4.48. The van der Waals surface area contributed by atoms with Gasteiger partial charge in [-0.2, -0.15) is 0 Å². The number of benzene rings is 2. The first kappa shape index (κ1) is 16.5. The van der Waals surface area contributed by atoms with Crippen molar-refractivity contribution in [1.82, 2.24) is 4.98 Å². The third-order valence-corrected chi connectivity index (χ3v) is 3.49. The monoisotopic (exact) mass is 333 g/mol. The average Bonchev–Trinajstić information content (AvgIpc) is 2.65. The molecule has 0 spiro atoms. The van der Waals surface area contributed by atoms with Crippen LogP contribution in [0.2, 0.25) is 0 Å². The molecule has 2 N–H and O–H groups in total. The standard InChI is InChI=1S/C20H19N3O2/c1-2-25-19-11-7-6-10-17(19)23-20(24)18-13-12-16(14-21-18)22-15-8-4-3-5-9-15/h3-14,22H,2H2,1H3,(H,23,24). The Hall–Kier alpha value is -3.34. The summed E-state index contributed by atoms with van der Waals surface area (Å²) in [5, 5.41) is 6.07. The molecule has 0 aliphatic carbocycles. The van der Waals surface area contributed by atoms with Crippen molar-refractivity contribution in [2.45, 2.75) is 6.92 Å². The molecule has 5 heteroatoms. The van der Waals surface area contributed by atoms with Crippen molar-refractivity contribution in [3.8, 4) is 5.75 Å². The Morgan fingerprint density at radius 3 is 2.44 bits per heavy atom. The third-order valence-electron chi connectivity index (χ3n) is 3.49. The smallest absolute Gasteiger partial charge is 0.274 e. The Labute approximate surface area is 146 Å². The van der Waals surface area contributed by atoms with Gasteiger partial charge in [-0.1, -0.05) is 30.3 Å². The van der Waals surface area contributed by atoms with Crippen LogP contribution in [0.25, 0.3) is 0 Å². The number of pyridine rings is 1. The number of hydrogen-bond acceptors (Lipinski definition) is 4. The second-order valence-corrected chi connectivity index (χ2v) is 5.31. The van der Waals surface area contributed by atoms with Crippen molar-refractivity contribution in [3.63, 3.8) is 0 Å². The van der Waals surface area contributed by atoms with Gasteiger partial charge in [-0.3, -0.25) is 4.79 Å². The number of nitrogens with one attached hydrogen (secondary N) is 2. The molecule has 0 saturated heterocycles. The van der Waals surface area contributed by atoms with E-state index in [4.69, 9.17) is 4.74 Å². The second-order valence-electron chi connectivity index (χ2n) is 5.31. The van der Waals surface area contributed by atoms with Crippen LogP contribution < -0.4 is 15.4 Å². The van der Waals surface area contributed by atoms with Crippen molar-refractivity contribution in [2.24, 2.45) is 0 Å². The first-order valence-corrected chi connectivity index (χ1v) is 8.07. The Balaban J connectivity index is 1.69. The molecule has 126 valence electrons. The van der Waals surface area contributed by atoms with Crippen LogP contribution in [-0.2, 0) is 0 Å². The van der Waals surface area contributed by atoms with Crippen molar-refractivity contribution < 1.29 is 9.53 Å². The van der Waals surface area contributed by atoms with Gasteiger partial charge in [-0.15, -0.1) is 0 Å². The van der Waals surface area contributed by atoms with Gasteiger partial charge in [-0.05, 0) is 43.3 Å². The number of ether oxygens (including phenoxy) is 1. The van der Waals surface area contributed by atoms with E-state index in [1.165, 1.54) is 0 Å². The molecule has 0 saturated carbocycles. The summed E-state index contributed by atoms with van der Waals surface area (Å²) >= 11 is 0. The number of anilines is 3. The van der Waals surface area contributed by atoms with Crippen LogP contribution in [0, 0.1) is 0 Å². The van der Waals surface area contributed by atoms with Gasteiger partial charge in [0.15, 0.2) is 0 Å². The second kappa shape index (κ2) is 7.97. The zero-order valence-corrected chi connectivity index (χ0v) is 13.9. The molecule has 0 unspecified atom stereocenters. The predicted molar refractivity (Wildman–Crippen MR) is 99.5 cm³/mol. The van der Waals surface area contributed by atoms with Crippen LogP contribution in [0.15, 0.2) is 72.9 Å². The topological polar surface area (TPSA) is 63.2 Å². The van der Waals surface area contributed by atoms with Crippen molar-refractivity contribution >= 4 is 23.0 Å². The molecule has 0 fully saturated rings. The molecule has 5 nitrogen and oxygen atoms in total. The van der Waals surface area contributed by atoms with Crippen LogP contribution in [0.4, 0.5) is 17.1 Å². The zero-order chi connectivity index (χ0) is 17.5. The van der Waals surface area contributed by atoms with Crippen molar-refractivity contribution in [1.29, 1.82) is 0 Å². The fourth-order valence-corrected chi connectivity index (χ4v) is 2.33. The van der Waals surface area contributed by atoms with E-state index in [-0.39, 0.29) is 5.91 Å². The number of amides is 1. The third kappa shape index (κ3) is 4.35. The van der Waals surface area contributed by atoms with Gasteiger partial charge < -0.3 is 15.4 Å². The normalized spacial score (nSPS) is 10.1. The van der Waals surface area contributed by atoms with Gasteiger partial charge in [0.2, 0.25) is 0 Å². The van der Waals surface area contributed by atoms with Crippen LogP contribution in [0.3, 0.4) is 0 Å². The quantitative estimate of drug-likeness (QED) is 0.698. The number of nitrogens with zero attached hydrogens (tertiary/aromatic N) is 1. The highest BCUT2D eigenvalue weighted by Gasteiger charge is 2.10. The first-order chi connectivity index (χ1) is 12.3. The Bertz CT molecular complexity index is 833. The Kier molecular flexibility index (Phi) is 5.26. The molecule has 3 aromatic rings. The SMILES string of the molecule is CCOc1ccccc1NC(=O)c1ccc(Nc2ccccc2)cn1. The van der Waals surface area contributed by atoms with Gasteiger partial charge in [0.25, 0.3) is 5.91 Å². The molecule has 0 aliphatic rings. The highest BCUT2D eigenvalue weighted by Crippen LogP contribution is 2.24. The molecule has 1 amide bonds. The van der Waals surface area contributed by atoms with Crippen LogP contribution in [-0.4, -0.2) is 17.5 Å². The first-order valence-electron chi connectivity index (χ1n) is 8.07. The number of rotatable bonds is 6. The molecule has 1 heterocycles. The minimum atomic E-state index is -0.279. The molecule has 0 bridgehead atoms. The summed E-state index contributed by atoms with van der Waals surface area (Å²) in [6, 6.07) is 20.6. The fourth-order valence-electron chi connectivity index (χ4n) is 2.33. The molecular formula is C20H19N3O2. The van der Waals surface area contributed by atoms with E-state index in [2.05, 4.69) is 15.6 Å². The summed E-state index contributed by atoms with van der Waals surface area (Å²) < 4.78 is 5.51. The van der Waals surface area contributed by atoms with E-state index in [0.717, 1.165) is 11.4 Å². The van der Waals surface area contributed by atoms with E-state index in [0.29, 0.717) is 23.7 Å². The van der Waals surface area contributed by atoms with E-state index in [1.54, 1.807) is 18.3 Å². The van der Waals surface area contributed by atoms with Crippen molar-refractivity contribution in [2.75, 3.05) is 17.2 Å². The summed E-state index contributed by atoms with van der Waals surface area (Å²) in [7, 11) is 0. The highest BCUT2D eigenvalue weighted by molar-refractivity contribution is 6.03. The molecule has 25 heavy (non-hydrogen) atoms. The summed E-state index contributed by atoms with van der Waals surface area (Å²) in [6.45, 7) is 2.43. The largest absolute Gasteiger partial charge is 0.492 e. The summed E-state index contributed by atoms with van der Waals surface area (Å²) in [5.41, 5.74) is 2.75. The van der Waals surface area contributed by atoms with Crippen LogP contribution >= 0.6 is 0 Å². The maximum atomic E-state index is 12.4. The lowest BCUT2D eigenvalue weighted by Gasteiger charge is -2.11. The number of carbonyl (C=O) groups excluding carboxylic acids is 1. The minimum absolute atomic E-state index is 0.279. The lowest BCUT2D eigenvalue weighted by Crippen LogP contribution is -2.14. The Morgan fingerprint density at radius 1 is 0.960 bits per heavy atom. The van der Waals surface area contributed by atoms with Crippen LogP contribution in [0.1, 0.15) is 17.4 Å². The molecule has 0 radical (unpaired) electrons. The summed E-state index contributed by atoms with van der Waals surface area (Å²) in [4.78, 5) is 16.6. The Morgan fingerprint density at radius 2 is 1.72 bits per heavy atom. The number of hydrogen-bond donors (Lipinski definition) is 2. The maximum Gasteiger partial charge on any atom is 0.274 e. The van der Waals surface area contributed by atoms with Crippen LogP contribution in [0.5, 0.6) is 5.75 Å². The number of aromatic nitrogens is 1. The number of para-hydroxylation sites is 3. The molecular weight excluding hydrogens is 314 g/mol. The molecule has 1 aromatic heterocycles. The highest BCUT2D eigenvalue weighted by atomic mass is 16.5. The van der Waals surface area contributed by atoms with E-state index >= 15 is 0 Å². The number of carbonyl (C=O) groups is 1. The van der Waals surface area contributed by atoms with Gasteiger partial charge in [-0.25, -0.2) is 4.98 Å². The van der Waals surface area contributed by atoms with E-state index in [9.17, 15) is 4.79 Å². The molecule has 3 rings (SSSR count). The van der Waals surface area contributed by atoms with Crippen molar-refractivity contribution in [3.05, 3.63) is 78.6 Å². The average molecular weight is 333 g/mol. The summed E-state index contributed by atoms with van der Waals surface area (Å²) in [5.74, 6) is 0.360. The zero-order valence-electron chi connectivity index (χ0n) is 13.9. The van der Waals surface area contributed by atoms with Gasteiger partial charge in [0, 0.05) is 5.69 Å². The van der Waals surface area contributed by atoms with Gasteiger partial charge >= 0.3 is 0 Å². The minimum Gasteiger partial charge on any atom is -0.492 e. The van der Waals surface area contributed by atoms with E-state index in [1.807, 2.05) is 61.5 Å². The molecule has 2 aromatic carbocycles. The maximum absolute atomic E-state index is 12.4. The van der Waals surface area contributed by atoms with Gasteiger partial charge in [0.1, 0.15) is 11.4 Å². The molecule has 0 aliphatic heterocycles. The van der Waals surface area contributed by atoms with Gasteiger partial charge in [0.05, 0.1) is 24.2 Å². The lowest BCUT2D eigenvalue weighted by molar-refractivity contribution is 0.102. The summed E-state index contributed by atoms with van der Waals surface area (Å²) in [6.07, 6.45) is 1.64. The van der Waals surface area contributed by atoms with E-state index < -0.39 is 0 Å². The fraction of sp³-hybridized carbons (Fsp3) is 0.100. The molecule has 0 atom stereocenters.